The van der Waals surface area contributed by atoms with Gasteiger partial charge in [0.25, 0.3) is 0 Å². The molecule has 0 aromatic carbocycles. The van der Waals surface area contributed by atoms with Gasteiger partial charge in [0.1, 0.15) is 13.2 Å². The zero-order chi connectivity index (χ0) is 52.9. The molecule has 0 aromatic heterocycles. The van der Waals surface area contributed by atoms with Gasteiger partial charge in [0, 0.05) is 19.3 Å². The monoisotopic (exact) mass is 1010 g/mol. The number of carbonyl (C=O) groups is 3. The predicted octanol–water partition coefficient (Wildman–Crippen LogP) is 20.2. The summed E-state index contributed by atoms with van der Waals surface area (Å²) in [4.78, 5) is 38.1. The molecule has 0 bridgehead atoms. The summed E-state index contributed by atoms with van der Waals surface area (Å²) in [5.74, 6) is -0.944. The normalized spacial score (nSPS) is 13.1. The molecule has 0 saturated heterocycles. The van der Waals surface area contributed by atoms with Gasteiger partial charge in [0.2, 0.25) is 0 Å². The minimum atomic E-state index is -0.802. The Labute approximate surface area is 449 Å². The molecule has 0 aliphatic rings. The lowest BCUT2D eigenvalue weighted by atomic mass is 10.1. The van der Waals surface area contributed by atoms with E-state index >= 15 is 0 Å². The van der Waals surface area contributed by atoms with Crippen molar-refractivity contribution in [3.63, 3.8) is 0 Å². The van der Waals surface area contributed by atoms with Gasteiger partial charge in [0.15, 0.2) is 6.10 Å². The highest BCUT2D eigenvalue weighted by atomic mass is 16.6. The average molecular weight is 1010 g/mol. The Balaban J connectivity index is 4.39. The minimum Gasteiger partial charge on any atom is -0.462 e. The van der Waals surface area contributed by atoms with E-state index in [2.05, 4.69) is 154 Å². The maximum atomic E-state index is 12.8. The minimum absolute atomic E-state index is 0.0966. The van der Waals surface area contributed by atoms with Crippen LogP contribution in [0.15, 0.2) is 134 Å². The molecule has 0 radical (unpaired) electrons. The standard InChI is InChI=1S/C67H108O6/c1-4-7-10-13-16-19-22-24-26-28-29-30-31-32-33-34-35-36-37-39-40-42-45-48-51-54-57-60-66(69)72-63-64(62-71-65(68)59-56-53-50-47-44-21-18-15-12-9-6-3)73-67(70)61-58-55-52-49-46-43-41-38-27-25-23-20-17-14-11-8-5-2/h7-8,10-11,16-17,19-20,24-27,29-30,32-33,35-36,39-41,43,64H,4-6,9,12-15,18,21-23,28,31,34,37-38,42,44-63H2,1-3H3/b10-7-,11-8-,19-16-,20-17-,26-24-,27-25-,30-29-,33-32-,36-35-,40-39-,43-41-. The van der Waals surface area contributed by atoms with Crippen LogP contribution in [0.3, 0.4) is 0 Å². The molecule has 0 saturated carbocycles. The highest BCUT2D eigenvalue weighted by Gasteiger charge is 2.19. The van der Waals surface area contributed by atoms with E-state index in [1.165, 1.54) is 51.4 Å². The van der Waals surface area contributed by atoms with E-state index in [4.69, 9.17) is 14.2 Å². The molecule has 1 atom stereocenters. The quantitative estimate of drug-likeness (QED) is 0.0261. The van der Waals surface area contributed by atoms with Gasteiger partial charge < -0.3 is 14.2 Å². The maximum absolute atomic E-state index is 12.8. The van der Waals surface area contributed by atoms with E-state index in [0.717, 1.165) is 161 Å². The van der Waals surface area contributed by atoms with Gasteiger partial charge >= 0.3 is 17.9 Å². The molecule has 0 amide bonds. The fraction of sp³-hybridized carbons (Fsp3) is 0.627. The summed E-state index contributed by atoms with van der Waals surface area (Å²) in [5.41, 5.74) is 0. The third-order valence-electron chi connectivity index (χ3n) is 12.2. The number of unbranched alkanes of at least 4 members (excludes halogenated alkanes) is 19. The molecule has 0 aliphatic heterocycles. The summed E-state index contributed by atoms with van der Waals surface area (Å²) in [7, 11) is 0. The molecule has 0 fully saturated rings. The summed E-state index contributed by atoms with van der Waals surface area (Å²) in [6, 6.07) is 0. The molecule has 0 rings (SSSR count). The molecular weight excluding hydrogens is 901 g/mol. The van der Waals surface area contributed by atoms with Gasteiger partial charge in [-0.15, -0.1) is 0 Å². The van der Waals surface area contributed by atoms with Crippen molar-refractivity contribution in [2.45, 2.75) is 258 Å². The first kappa shape index (κ1) is 68.6. The molecule has 6 heteroatoms. The lowest BCUT2D eigenvalue weighted by Crippen LogP contribution is -2.30. The smallest absolute Gasteiger partial charge is 0.306 e. The fourth-order valence-corrected chi connectivity index (χ4v) is 7.77. The van der Waals surface area contributed by atoms with E-state index in [1.807, 2.05) is 0 Å². The molecule has 0 spiro atoms. The van der Waals surface area contributed by atoms with Gasteiger partial charge in [-0.05, 0) is 116 Å². The van der Waals surface area contributed by atoms with E-state index in [1.54, 1.807) is 0 Å². The van der Waals surface area contributed by atoms with Crippen LogP contribution >= 0.6 is 0 Å². The second-order valence-corrected chi connectivity index (χ2v) is 19.1. The SMILES string of the molecule is CC/C=C\C/C=C\C/C=C\C/C=C\C/C=C\C/C=C\C/C=C\CCCCCCCC(=O)OCC(COC(=O)CCCCCCCCCCCCC)OC(=O)CCCCCC/C=C\C/C=C\C/C=C\C/C=C\CC. The van der Waals surface area contributed by atoms with Crippen LogP contribution in [0.2, 0.25) is 0 Å². The fourth-order valence-electron chi connectivity index (χ4n) is 7.77. The van der Waals surface area contributed by atoms with Crippen molar-refractivity contribution in [3.8, 4) is 0 Å². The number of allylic oxidation sites excluding steroid dienone is 22. The molecule has 1 unspecified atom stereocenters. The van der Waals surface area contributed by atoms with Crippen LogP contribution in [-0.4, -0.2) is 37.2 Å². The van der Waals surface area contributed by atoms with Crippen LogP contribution < -0.4 is 0 Å². The summed E-state index contributed by atoms with van der Waals surface area (Å²) in [5, 5.41) is 0. The summed E-state index contributed by atoms with van der Waals surface area (Å²) in [6.45, 7) is 6.36. The van der Waals surface area contributed by atoms with Crippen LogP contribution in [0.5, 0.6) is 0 Å². The Kier molecular flexibility index (Phi) is 56.4. The third-order valence-corrected chi connectivity index (χ3v) is 12.2. The first-order chi connectivity index (χ1) is 36.0. The number of ether oxygens (including phenoxy) is 3. The first-order valence-electron chi connectivity index (χ1n) is 29.7. The van der Waals surface area contributed by atoms with Crippen molar-refractivity contribution < 1.29 is 28.6 Å². The highest BCUT2D eigenvalue weighted by molar-refractivity contribution is 5.71. The van der Waals surface area contributed by atoms with Gasteiger partial charge in [-0.3, -0.25) is 14.4 Å². The molecule has 0 aliphatic carbocycles. The van der Waals surface area contributed by atoms with Crippen molar-refractivity contribution in [1.82, 2.24) is 0 Å². The second kappa shape index (κ2) is 60.1. The van der Waals surface area contributed by atoms with E-state index < -0.39 is 6.10 Å². The zero-order valence-corrected chi connectivity index (χ0v) is 47.1. The number of esters is 3. The largest absolute Gasteiger partial charge is 0.462 e. The van der Waals surface area contributed by atoms with E-state index in [9.17, 15) is 14.4 Å². The molecule has 6 nitrogen and oxygen atoms in total. The number of carbonyl (C=O) groups excluding carboxylic acids is 3. The van der Waals surface area contributed by atoms with Gasteiger partial charge in [-0.2, -0.15) is 0 Å². The Morgan fingerprint density at radius 1 is 0.288 bits per heavy atom. The van der Waals surface area contributed by atoms with Crippen molar-refractivity contribution >= 4 is 17.9 Å². The van der Waals surface area contributed by atoms with Crippen LogP contribution in [0.1, 0.15) is 252 Å². The summed E-state index contributed by atoms with van der Waals surface area (Å²) in [6.07, 6.45) is 84.4. The maximum Gasteiger partial charge on any atom is 0.306 e. The van der Waals surface area contributed by atoms with Crippen molar-refractivity contribution in [1.29, 1.82) is 0 Å². The van der Waals surface area contributed by atoms with Gasteiger partial charge in [-0.25, -0.2) is 0 Å². The Bertz CT molecular complexity index is 1580. The van der Waals surface area contributed by atoms with Crippen molar-refractivity contribution in [2.75, 3.05) is 13.2 Å². The Morgan fingerprint density at radius 3 is 0.836 bits per heavy atom. The lowest BCUT2D eigenvalue weighted by molar-refractivity contribution is -0.167. The Morgan fingerprint density at radius 2 is 0.534 bits per heavy atom. The van der Waals surface area contributed by atoms with E-state index in [0.29, 0.717) is 19.3 Å². The van der Waals surface area contributed by atoms with Crippen molar-refractivity contribution in [3.05, 3.63) is 134 Å². The van der Waals surface area contributed by atoms with Crippen LogP contribution in [0.4, 0.5) is 0 Å². The molecule has 73 heavy (non-hydrogen) atoms. The van der Waals surface area contributed by atoms with Crippen LogP contribution in [0.25, 0.3) is 0 Å². The number of rotatable bonds is 52. The highest BCUT2D eigenvalue weighted by Crippen LogP contribution is 2.14. The molecule has 0 aromatic rings. The van der Waals surface area contributed by atoms with Gasteiger partial charge in [0.05, 0.1) is 0 Å². The van der Waals surface area contributed by atoms with E-state index in [-0.39, 0.29) is 31.1 Å². The molecule has 0 N–H and O–H groups in total. The third kappa shape index (κ3) is 58.3. The van der Waals surface area contributed by atoms with Crippen molar-refractivity contribution in [2.24, 2.45) is 0 Å². The second-order valence-electron chi connectivity index (χ2n) is 19.1. The molecular formula is C67H108O6. The summed E-state index contributed by atoms with van der Waals surface area (Å²) < 4.78 is 16.8. The van der Waals surface area contributed by atoms with Gasteiger partial charge in [-0.1, -0.05) is 251 Å². The predicted molar refractivity (Wildman–Crippen MR) is 316 cm³/mol. The number of hydrogen-bond donors (Lipinski definition) is 0. The average Bonchev–Trinajstić information content (AvgIpc) is 3.39. The van der Waals surface area contributed by atoms with Crippen LogP contribution in [0, 0.1) is 0 Å². The first-order valence-corrected chi connectivity index (χ1v) is 29.7. The molecule has 0 heterocycles. The lowest BCUT2D eigenvalue weighted by Gasteiger charge is -2.18. The Hall–Kier alpha value is -4.45. The zero-order valence-electron chi connectivity index (χ0n) is 47.1. The molecule has 412 valence electrons. The number of hydrogen-bond acceptors (Lipinski definition) is 6. The summed E-state index contributed by atoms with van der Waals surface area (Å²) >= 11 is 0. The topological polar surface area (TPSA) is 78.9 Å². The van der Waals surface area contributed by atoms with Crippen LogP contribution in [-0.2, 0) is 28.6 Å².